The van der Waals surface area contributed by atoms with Crippen molar-refractivity contribution in [2.45, 2.75) is 45.3 Å². The molecular weight excluding hydrogens is 257 g/mol. The predicted molar refractivity (Wildman–Crippen MR) is 76.0 cm³/mol. The topological polar surface area (TPSA) is 29.5 Å². The van der Waals surface area contributed by atoms with Crippen LogP contribution in [0, 0.1) is 5.82 Å². The van der Waals surface area contributed by atoms with E-state index in [4.69, 9.17) is 4.74 Å². The van der Waals surface area contributed by atoms with E-state index < -0.39 is 0 Å². The van der Waals surface area contributed by atoms with E-state index in [1.807, 2.05) is 30.9 Å². The third kappa shape index (κ3) is 3.57. The van der Waals surface area contributed by atoms with E-state index in [9.17, 15) is 9.18 Å². The maximum absolute atomic E-state index is 13.0. The molecule has 2 atom stereocenters. The van der Waals surface area contributed by atoms with Gasteiger partial charge in [-0.05, 0) is 44.9 Å². The molecule has 0 radical (unpaired) electrons. The highest BCUT2D eigenvalue weighted by Gasteiger charge is 2.33. The summed E-state index contributed by atoms with van der Waals surface area (Å²) in [7, 11) is 0. The normalized spacial score (nSPS) is 22.6. The minimum atomic E-state index is -0.224. The van der Waals surface area contributed by atoms with Crippen LogP contribution in [0.4, 0.5) is 4.39 Å². The van der Waals surface area contributed by atoms with E-state index in [1.165, 1.54) is 12.1 Å². The first-order chi connectivity index (χ1) is 9.47. The Bertz CT molecular complexity index is 458. The average Bonchev–Trinajstić information content (AvgIpc) is 2.79. The van der Waals surface area contributed by atoms with Crippen LogP contribution in [0.15, 0.2) is 24.3 Å². The summed E-state index contributed by atoms with van der Waals surface area (Å²) in [5, 5.41) is 0. The molecule has 1 fully saturated rings. The number of hydrogen-bond donors (Lipinski definition) is 0. The number of ether oxygens (including phenoxy) is 1. The fraction of sp³-hybridized carbons (Fsp3) is 0.562. The van der Waals surface area contributed by atoms with E-state index >= 15 is 0 Å². The van der Waals surface area contributed by atoms with Gasteiger partial charge in [0.05, 0.1) is 6.10 Å². The van der Waals surface area contributed by atoms with Crippen LogP contribution in [-0.4, -0.2) is 36.1 Å². The zero-order valence-electron chi connectivity index (χ0n) is 12.3. The summed E-state index contributed by atoms with van der Waals surface area (Å²) < 4.78 is 18.3. The fourth-order valence-electron chi connectivity index (χ4n) is 2.68. The molecule has 4 heteroatoms. The van der Waals surface area contributed by atoms with Gasteiger partial charge in [0.15, 0.2) is 0 Å². The second-order valence-corrected chi connectivity index (χ2v) is 5.74. The van der Waals surface area contributed by atoms with Gasteiger partial charge < -0.3 is 9.64 Å². The zero-order chi connectivity index (χ0) is 14.7. The lowest BCUT2D eigenvalue weighted by Crippen LogP contribution is -2.37. The summed E-state index contributed by atoms with van der Waals surface area (Å²) in [4.78, 5) is 14.0. The van der Waals surface area contributed by atoms with E-state index in [0.29, 0.717) is 6.54 Å². The number of rotatable bonds is 4. The molecular formula is C16H22FNO2. The molecule has 110 valence electrons. The highest BCUT2D eigenvalue weighted by Crippen LogP contribution is 2.31. The number of carbonyl (C=O) groups excluding carboxylic acids is 1. The van der Waals surface area contributed by atoms with Crippen LogP contribution in [0.25, 0.3) is 0 Å². The molecule has 0 spiro atoms. The molecule has 0 saturated carbocycles. The molecule has 0 N–H and O–H groups in total. The summed E-state index contributed by atoms with van der Waals surface area (Å²) in [6.45, 7) is 6.71. The molecule has 3 nitrogen and oxygen atoms in total. The Kier molecular flexibility index (Phi) is 4.76. The number of likely N-dealkylation sites (tertiary alicyclic amines) is 1. The molecule has 1 aromatic rings. The number of hydrogen-bond acceptors (Lipinski definition) is 2. The van der Waals surface area contributed by atoms with Gasteiger partial charge >= 0.3 is 0 Å². The quantitative estimate of drug-likeness (QED) is 0.848. The molecule has 1 aromatic carbocycles. The van der Waals surface area contributed by atoms with Crippen molar-refractivity contribution < 1.29 is 13.9 Å². The van der Waals surface area contributed by atoms with Crippen molar-refractivity contribution in [3.8, 4) is 0 Å². The van der Waals surface area contributed by atoms with Crippen molar-refractivity contribution >= 4 is 5.91 Å². The number of carbonyl (C=O) groups is 1. The first-order valence-electron chi connectivity index (χ1n) is 7.14. The maximum Gasteiger partial charge on any atom is 0.248 e. The van der Waals surface area contributed by atoms with Crippen molar-refractivity contribution in [1.82, 2.24) is 4.90 Å². The molecule has 0 bridgehead atoms. The summed E-state index contributed by atoms with van der Waals surface area (Å²) in [6.07, 6.45) is 0.976. The van der Waals surface area contributed by atoms with E-state index in [1.54, 1.807) is 0 Å². The largest absolute Gasteiger partial charge is 0.369 e. The van der Waals surface area contributed by atoms with Crippen molar-refractivity contribution in [3.63, 3.8) is 0 Å². The molecule has 20 heavy (non-hydrogen) atoms. The van der Waals surface area contributed by atoms with Gasteiger partial charge in [0.2, 0.25) is 5.91 Å². The number of benzene rings is 1. The standard InChI is InChI=1S/C16H22FNO2/c1-11(2)20-10-16(19)18-9-14(8-12(18)3)13-4-6-15(17)7-5-13/h4-7,11-12,14H,8-10H2,1-3H3/t12-,14+/m1/s1. The Balaban J connectivity index is 1.98. The van der Waals surface area contributed by atoms with Crippen LogP contribution in [0.1, 0.15) is 38.7 Å². The Morgan fingerprint density at radius 1 is 1.40 bits per heavy atom. The predicted octanol–water partition coefficient (Wildman–Crippen LogP) is 2.96. The van der Waals surface area contributed by atoms with Crippen LogP contribution in [-0.2, 0) is 9.53 Å². The average molecular weight is 279 g/mol. The second kappa shape index (κ2) is 6.35. The van der Waals surface area contributed by atoms with Crippen LogP contribution >= 0.6 is 0 Å². The number of amides is 1. The third-order valence-electron chi connectivity index (χ3n) is 3.78. The number of nitrogens with zero attached hydrogens (tertiary/aromatic N) is 1. The highest BCUT2D eigenvalue weighted by atomic mass is 19.1. The van der Waals surface area contributed by atoms with Gasteiger partial charge in [-0.25, -0.2) is 4.39 Å². The van der Waals surface area contributed by atoms with Crippen LogP contribution < -0.4 is 0 Å². The summed E-state index contributed by atoms with van der Waals surface area (Å²) in [5.74, 6) is 0.0995. The molecule has 2 rings (SSSR count). The minimum Gasteiger partial charge on any atom is -0.369 e. The van der Waals surface area contributed by atoms with Gasteiger partial charge in [0.25, 0.3) is 0 Å². The SMILES string of the molecule is CC(C)OCC(=O)N1C[C@@H](c2ccc(F)cc2)C[C@H]1C. The van der Waals surface area contributed by atoms with Crippen molar-refractivity contribution in [2.24, 2.45) is 0 Å². The Hall–Kier alpha value is -1.42. The molecule has 1 saturated heterocycles. The molecule has 1 amide bonds. The smallest absolute Gasteiger partial charge is 0.248 e. The summed E-state index contributed by atoms with van der Waals surface area (Å²) in [5.41, 5.74) is 1.10. The summed E-state index contributed by atoms with van der Waals surface area (Å²) in [6, 6.07) is 6.78. The van der Waals surface area contributed by atoms with Gasteiger partial charge in [-0.15, -0.1) is 0 Å². The lowest BCUT2D eigenvalue weighted by Gasteiger charge is -2.22. The van der Waals surface area contributed by atoms with Crippen LogP contribution in [0.3, 0.4) is 0 Å². The minimum absolute atomic E-state index is 0.0378. The molecule has 1 aliphatic rings. The zero-order valence-corrected chi connectivity index (χ0v) is 12.3. The Morgan fingerprint density at radius 3 is 2.65 bits per heavy atom. The third-order valence-corrected chi connectivity index (χ3v) is 3.78. The molecule has 0 unspecified atom stereocenters. The first-order valence-corrected chi connectivity index (χ1v) is 7.14. The van der Waals surface area contributed by atoms with Crippen molar-refractivity contribution in [2.75, 3.05) is 13.2 Å². The highest BCUT2D eigenvalue weighted by molar-refractivity contribution is 5.78. The Morgan fingerprint density at radius 2 is 2.05 bits per heavy atom. The number of halogens is 1. The monoisotopic (exact) mass is 279 g/mol. The first kappa shape index (κ1) is 15.0. The van der Waals surface area contributed by atoms with Crippen LogP contribution in [0.5, 0.6) is 0 Å². The molecule has 0 aliphatic carbocycles. The van der Waals surface area contributed by atoms with E-state index in [2.05, 4.69) is 6.92 Å². The van der Waals surface area contributed by atoms with Crippen LogP contribution in [0.2, 0.25) is 0 Å². The van der Waals surface area contributed by atoms with Gasteiger partial charge in [-0.1, -0.05) is 12.1 Å². The van der Waals surface area contributed by atoms with E-state index in [0.717, 1.165) is 12.0 Å². The van der Waals surface area contributed by atoms with Gasteiger partial charge in [-0.3, -0.25) is 4.79 Å². The fourth-order valence-corrected chi connectivity index (χ4v) is 2.68. The summed E-state index contributed by atoms with van der Waals surface area (Å²) >= 11 is 0. The Labute approximate surface area is 119 Å². The van der Waals surface area contributed by atoms with Crippen molar-refractivity contribution in [3.05, 3.63) is 35.6 Å². The molecule has 0 aromatic heterocycles. The molecule has 1 heterocycles. The lowest BCUT2D eigenvalue weighted by molar-refractivity contribution is -0.138. The second-order valence-electron chi connectivity index (χ2n) is 5.74. The van der Waals surface area contributed by atoms with Gasteiger partial charge in [0.1, 0.15) is 12.4 Å². The van der Waals surface area contributed by atoms with Gasteiger partial charge in [0, 0.05) is 18.5 Å². The van der Waals surface area contributed by atoms with Gasteiger partial charge in [-0.2, -0.15) is 0 Å². The van der Waals surface area contributed by atoms with Crippen molar-refractivity contribution in [1.29, 1.82) is 0 Å². The van der Waals surface area contributed by atoms with E-state index in [-0.39, 0.29) is 36.4 Å². The molecule has 1 aliphatic heterocycles. The lowest BCUT2D eigenvalue weighted by atomic mass is 9.97. The maximum atomic E-state index is 13.0.